The van der Waals surface area contributed by atoms with Gasteiger partial charge in [-0.15, -0.1) is 18.3 Å². The van der Waals surface area contributed by atoms with E-state index in [1.54, 1.807) is 7.11 Å². The van der Waals surface area contributed by atoms with E-state index in [4.69, 9.17) is 4.74 Å². The minimum absolute atomic E-state index is 0.149. The second-order valence-electron chi connectivity index (χ2n) is 5.07. The van der Waals surface area contributed by atoms with Crippen LogP contribution in [0.1, 0.15) is 21.7 Å². The summed E-state index contributed by atoms with van der Waals surface area (Å²) in [5.41, 5.74) is 2.90. The van der Waals surface area contributed by atoms with Gasteiger partial charge in [-0.1, -0.05) is 12.1 Å². The zero-order chi connectivity index (χ0) is 16.1. The molecule has 3 nitrogen and oxygen atoms in total. The Labute approximate surface area is 136 Å². The standard InChI is InChI=1S/C18H21NO2S/c1-5-9-19-13(2)10-17(14(19)3)18(20)12-22-16-8-6-7-15(11-16)21-4/h5-8,10-11H,1,9,12H2,2-4H3. The van der Waals surface area contributed by atoms with E-state index in [0.717, 1.165) is 34.1 Å². The number of Topliss-reactive ketones (excluding diaryl/α,β-unsaturated/α-hetero) is 1. The Morgan fingerprint density at radius 1 is 1.36 bits per heavy atom. The highest BCUT2D eigenvalue weighted by molar-refractivity contribution is 8.00. The number of allylic oxidation sites excluding steroid dienone is 1. The number of benzene rings is 1. The number of carbonyl (C=O) groups is 1. The monoisotopic (exact) mass is 315 g/mol. The molecule has 0 fully saturated rings. The van der Waals surface area contributed by atoms with Crippen LogP contribution < -0.4 is 4.74 Å². The van der Waals surface area contributed by atoms with E-state index in [1.807, 2.05) is 50.3 Å². The van der Waals surface area contributed by atoms with Crippen molar-refractivity contribution in [2.45, 2.75) is 25.3 Å². The summed E-state index contributed by atoms with van der Waals surface area (Å²) in [4.78, 5) is 13.5. The molecule has 0 radical (unpaired) electrons. The molecular weight excluding hydrogens is 294 g/mol. The van der Waals surface area contributed by atoms with Gasteiger partial charge in [-0.2, -0.15) is 0 Å². The summed E-state index contributed by atoms with van der Waals surface area (Å²) in [5, 5.41) is 0. The number of thioether (sulfide) groups is 1. The maximum absolute atomic E-state index is 12.5. The number of aryl methyl sites for hydroxylation is 1. The van der Waals surface area contributed by atoms with Gasteiger partial charge in [-0.3, -0.25) is 4.79 Å². The third-order valence-corrected chi connectivity index (χ3v) is 4.59. The van der Waals surface area contributed by atoms with Crippen molar-refractivity contribution in [2.75, 3.05) is 12.9 Å². The van der Waals surface area contributed by atoms with Gasteiger partial charge in [0, 0.05) is 28.4 Å². The van der Waals surface area contributed by atoms with Crippen molar-refractivity contribution >= 4 is 17.5 Å². The van der Waals surface area contributed by atoms with Crippen molar-refractivity contribution in [3.05, 3.63) is 59.9 Å². The van der Waals surface area contributed by atoms with Crippen LogP contribution in [0.25, 0.3) is 0 Å². The van der Waals surface area contributed by atoms with E-state index in [2.05, 4.69) is 11.1 Å². The first-order valence-electron chi connectivity index (χ1n) is 7.14. The third kappa shape index (κ3) is 3.63. The predicted molar refractivity (Wildman–Crippen MR) is 92.2 cm³/mol. The number of carbonyl (C=O) groups excluding carboxylic acids is 1. The first-order chi connectivity index (χ1) is 10.6. The minimum atomic E-state index is 0.149. The van der Waals surface area contributed by atoms with Crippen LogP contribution in [-0.2, 0) is 6.54 Å². The fraction of sp³-hybridized carbons (Fsp3) is 0.278. The van der Waals surface area contributed by atoms with E-state index in [0.29, 0.717) is 5.75 Å². The number of hydrogen-bond acceptors (Lipinski definition) is 3. The largest absolute Gasteiger partial charge is 0.497 e. The number of ketones is 1. The molecular formula is C18H21NO2S. The van der Waals surface area contributed by atoms with E-state index >= 15 is 0 Å². The molecule has 0 atom stereocenters. The average Bonchev–Trinajstić information content (AvgIpc) is 2.81. The Kier molecular flexibility index (Phi) is 5.50. The van der Waals surface area contributed by atoms with Crippen LogP contribution in [0, 0.1) is 13.8 Å². The van der Waals surface area contributed by atoms with Gasteiger partial charge in [-0.05, 0) is 38.1 Å². The molecule has 116 valence electrons. The Bertz CT molecular complexity index is 688. The highest BCUT2D eigenvalue weighted by atomic mass is 32.2. The lowest BCUT2D eigenvalue weighted by Crippen LogP contribution is -2.06. The Hall–Kier alpha value is -1.94. The van der Waals surface area contributed by atoms with Gasteiger partial charge in [0.2, 0.25) is 0 Å². The number of rotatable bonds is 7. The zero-order valence-corrected chi connectivity index (χ0v) is 14.1. The molecule has 2 aromatic rings. The maximum atomic E-state index is 12.5. The van der Waals surface area contributed by atoms with Gasteiger partial charge in [-0.25, -0.2) is 0 Å². The number of aromatic nitrogens is 1. The minimum Gasteiger partial charge on any atom is -0.497 e. The van der Waals surface area contributed by atoms with E-state index in [9.17, 15) is 4.79 Å². The molecule has 0 aliphatic rings. The zero-order valence-electron chi connectivity index (χ0n) is 13.3. The smallest absolute Gasteiger partial charge is 0.174 e. The molecule has 4 heteroatoms. The summed E-state index contributed by atoms with van der Waals surface area (Å²) in [6, 6.07) is 9.73. The molecule has 1 aromatic heterocycles. The van der Waals surface area contributed by atoms with Crippen LogP contribution in [0.15, 0.2) is 47.9 Å². The van der Waals surface area contributed by atoms with Crippen LogP contribution >= 0.6 is 11.8 Å². The summed E-state index contributed by atoms with van der Waals surface area (Å²) in [7, 11) is 1.64. The van der Waals surface area contributed by atoms with Gasteiger partial charge in [0.05, 0.1) is 12.9 Å². The molecule has 1 aromatic carbocycles. The summed E-state index contributed by atoms with van der Waals surface area (Å²) >= 11 is 1.53. The predicted octanol–water partition coefficient (Wildman–Crippen LogP) is 4.27. The fourth-order valence-corrected chi connectivity index (χ4v) is 3.24. The molecule has 0 N–H and O–H groups in total. The van der Waals surface area contributed by atoms with E-state index < -0.39 is 0 Å². The van der Waals surface area contributed by atoms with Crippen molar-refractivity contribution in [1.82, 2.24) is 4.57 Å². The van der Waals surface area contributed by atoms with Crippen molar-refractivity contribution in [3.63, 3.8) is 0 Å². The van der Waals surface area contributed by atoms with Crippen molar-refractivity contribution < 1.29 is 9.53 Å². The van der Waals surface area contributed by atoms with Gasteiger partial charge in [0.1, 0.15) is 5.75 Å². The summed E-state index contributed by atoms with van der Waals surface area (Å²) in [6.45, 7) is 8.50. The lowest BCUT2D eigenvalue weighted by molar-refractivity contribution is 0.102. The molecule has 0 bridgehead atoms. The van der Waals surface area contributed by atoms with E-state index in [1.165, 1.54) is 11.8 Å². The number of nitrogens with zero attached hydrogens (tertiary/aromatic N) is 1. The van der Waals surface area contributed by atoms with Gasteiger partial charge < -0.3 is 9.30 Å². The highest BCUT2D eigenvalue weighted by Gasteiger charge is 2.15. The Balaban J connectivity index is 2.09. The van der Waals surface area contributed by atoms with Crippen LogP contribution in [0.3, 0.4) is 0 Å². The second-order valence-corrected chi connectivity index (χ2v) is 6.12. The highest BCUT2D eigenvalue weighted by Crippen LogP contribution is 2.25. The quantitative estimate of drug-likeness (QED) is 0.434. The SMILES string of the molecule is C=CCn1c(C)cc(C(=O)CSc2cccc(OC)c2)c1C. The number of methoxy groups -OCH3 is 1. The van der Waals surface area contributed by atoms with Crippen LogP contribution in [-0.4, -0.2) is 23.2 Å². The molecule has 0 spiro atoms. The van der Waals surface area contributed by atoms with Crippen LogP contribution in [0.4, 0.5) is 0 Å². The molecule has 0 aliphatic heterocycles. The molecule has 0 saturated heterocycles. The molecule has 0 saturated carbocycles. The third-order valence-electron chi connectivity index (χ3n) is 3.60. The van der Waals surface area contributed by atoms with Gasteiger partial charge >= 0.3 is 0 Å². The maximum Gasteiger partial charge on any atom is 0.174 e. The van der Waals surface area contributed by atoms with Gasteiger partial charge in [0.15, 0.2) is 5.78 Å². The average molecular weight is 315 g/mol. The summed E-state index contributed by atoms with van der Waals surface area (Å²) in [6.07, 6.45) is 1.85. The first kappa shape index (κ1) is 16.4. The molecule has 2 rings (SSSR count). The van der Waals surface area contributed by atoms with Gasteiger partial charge in [0.25, 0.3) is 0 Å². The fourth-order valence-electron chi connectivity index (χ4n) is 2.41. The Morgan fingerprint density at radius 2 is 2.14 bits per heavy atom. The van der Waals surface area contributed by atoms with Crippen molar-refractivity contribution in [2.24, 2.45) is 0 Å². The molecule has 0 aliphatic carbocycles. The van der Waals surface area contributed by atoms with Crippen LogP contribution in [0.2, 0.25) is 0 Å². The normalized spacial score (nSPS) is 10.5. The first-order valence-corrected chi connectivity index (χ1v) is 8.13. The topological polar surface area (TPSA) is 31.2 Å². The summed E-state index contributed by atoms with van der Waals surface area (Å²) in [5.74, 6) is 1.38. The lowest BCUT2D eigenvalue weighted by atomic mass is 10.2. The van der Waals surface area contributed by atoms with Crippen molar-refractivity contribution in [1.29, 1.82) is 0 Å². The number of hydrogen-bond donors (Lipinski definition) is 0. The van der Waals surface area contributed by atoms with Crippen LogP contribution in [0.5, 0.6) is 5.75 Å². The number of ether oxygens (including phenoxy) is 1. The molecule has 1 heterocycles. The lowest BCUT2D eigenvalue weighted by Gasteiger charge is -2.06. The molecule has 0 unspecified atom stereocenters. The molecule has 0 amide bonds. The van der Waals surface area contributed by atoms with E-state index in [-0.39, 0.29) is 5.78 Å². The molecule has 22 heavy (non-hydrogen) atoms. The summed E-state index contributed by atoms with van der Waals surface area (Å²) < 4.78 is 7.31. The van der Waals surface area contributed by atoms with Crippen molar-refractivity contribution in [3.8, 4) is 5.75 Å². The Morgan fingerprint density at radius 3 is 2.82 bits per heavy atom. The second kappa shape index (κ2) is 7.36.